The fraction of sp³-hybridized carbons (Fsp3) is 0.467. The second-order valence-electron chi connectivity index (χ2n) is 13.0. The summed E-state index contributed by atoms with van der Waals surface area (Å²) in [5.41, 5.74) is 14.2. The molecule has 0 nitrogen and oxygen atoms in total. The monoisotopic (exact) mass is 664 g/mol. The third-order valence-corrected chi connectivity index (χ3v) is 176. The molecule has 4 heteroatoms. The predicted molar refractivity (Wildman–Crippen MR) is 153 cm³/mol. The molecular formula is C30H40HfSi3. The van der Waals surface area contributed by atoms with E-state index >= 15 is 0 Å². The summed E-state index contributed by atoms with van der Waals surface area (Å²) in [6, 6.07) is 15.1. The van der Waals surface area contributed by atoms with Crippen molar-refractivity contribution >= 4 is 33.8 Å². The molecule has 0 radical (unpaired) electrons. The van der Waals surface area contributed by atoms with Gasteiger partial charge < -0.3 is 0 Å². The Bertz CT molecular complexity index is 1270. The van der Waals surface area contributed by atoms with Crippen LogP contribution in [0.3, 0.4) is 0 Å². The summed E-state index contributed by atoms with van der Waals surface area (Å²) in [6.45, 7) is 4.95. The molecule has 7 rings (SSSR count). The minimum absolute atomic E-state index is 0.0276. The Balaban J connectivity index is 1.48. The number of allylic oxidation sites excluding steroid dienone is 2. The fourth-order valence-corrected chi connectivity index (χ4v) is 279. The van der Waals surface area contributed by atoms with Crippen molar-refractivity contribution in [2.24, 2.45) is 0 Å². The van der Waals surface area contributed by atoms with Crippen molar-refractivity contribution in [3.8, 4) is 0 Å². The van der Waals surface area contributed by atoms with E-state index in [9.17, 15) is 0 Å². The third kappa shape index (κ3) is 3.13. The van der Waals surface area contributed by atoms with Crippen LogP contribution < -0.4 is 0 Å². The van der Waals surface area contributed by atoms with Crippen LogP contribution in [-0.4, -0.2) is 21.6 Å². The Morgan fingerprint density at radius 2 is 1.12 bits per heavy atom. The van der Waals surface area contributed by atoms with Gasteiger partial charge in [0.2, 0.25) is 0 Å². The molecule has 2 saturated carbocycles. The molecule has 176 valence electrons. The van der Waals surface area contributed by atoms with Crippen molar-refractivity contribution < 1.29 is 17.1 Å². The van der Waals surface area contributed by atoms with Crippen LogP contribution >= 0.6 is 0 Å². The van der Waals surface area contributed by atoms with Crippen molar-refractivity contribution in [2.45, 2.75) is 80.9 Å². The molecule has 0 N–H and O–H groups in total. The zero-order valence-corrected chi connectivity index (χ0v) is 29.0. The quantitative estimate of drug-likeness (QED) is 0.296. The van der Waals surface area contributed by atoms with Gasteiger partial charge in [-0.05, 0) is 0 Å². The van der Waals surface area contributed by atoms with E-state index in [1.807, 2.05) is 22.3 Å². The van der Waals surface area contributed by atoms with Crippen LogP contribution in [0.1, 0.15) is 105 Å². The van der Waals surface area contributed by atoms with Gasteiger partial charge in [-0.1, -0.05) is 0 Å². The molecule has 0 spiro atoms. The molecule has 2 unspecified atom stereocenters. The molecule has 2 aromatic rings. The SMILES string of the molecule is CCC1=Cc2c(C3CC3)cccc2[CH]1[Hf]([CH3])([CH3])([CH]1C(CC)=Cc2c(C3CC3)cccc21)=[Si]1[SiH2][SiH2]1. The number of fused-ring (bicyclic) bond motifs is 2. The van der Waals surface area contributed by atoms with E-state index in [4.69, 9.17) is 0 Å². The summed E-state index contributed by atoms with van der Waals surface area (Å²) in [5.74, 6) is 1.72. The Labute approximate surface area is 211 Å². The summed E-state index contributed by atoms with van der Waals surface area (Å²) in [5, 5.41) is 0. The second kappa shape index (κ2) is 7.72. The molecule has 1 heterocycles. The molecule has 5 aliphatic rings. The van der Waals surface area contributed by atoms with Crippen LogP contribution in [-0.2, 0) is 17.1 Å². The van der Waals surface area contributed by atoms with E-state index in [1.54, 1.807) is 22.3 Å². The van der Waals surface area contributed by atoms with Gasteiger partial charge in [-0.15, -0.1) is 0 Å². The normalized spacial score (nSPS) is 27.1. The summed E-state index contributed by atoms with van der Waals surface area (Å²) in [6.07, 6.45) is 13.7. The standard InChI is InChI=1S/2C14H15.2CH3.Hf.H4Si3/c2*1-2-10-8-12-4-3-5-13(11-6-7-11)14(12)9-10;;;;1-2-3-1/h2*3-5,8-9,11H,2,6-7H2,1H3;2*1H3;;1-2H2. The van der Waals surface area contributed by atoms with Crippen molar-refractivity contribution in [2.75, 3.05) is 0 Å². The molecule has 3 fully saturated rings. The zero-order chi connectivity index (χ0) is 23.3. The summed E-state index contributed by atoms with van der Waals surface area (Å²) < 4.78 is 7.84. The molecule has 2 atom stereocenters. The number of benzene rings is 2. The fourth-order valence-electron chi connectivity index (χ4n) is 8.61. The van der Waals surface area contributed by atoms with Crippen molar-refractivity contribution in [3.05, 3.63) is 80.9 Å². The van der Waals surface area contributed by atoms with Gasteiger partial charge in [-0.2, -0.15) is 0 Å². The van der Waals surface area contributed by atoms with Gasteiger partial charge in [0.25, 0.3) is 0 Å². The maximum absolute atomic E-state index is 3.39. The van der Waals surface area contributed by atoms with E-state index < -0.39 is 17.1 Å². The topological polar surface area (TPSA) is 0 Å². The van der Waals surface area contributed by atoms with Gasteiger partial charge in [-0.3, -0.25) is 0 Å². The predicted octanol–water partition coefficient (Wildman–Crippen LogP) is 6.87. The molecular weight excluding hydrogens is 623 g/mol. The van der Waals surface area contributed by atoms with Gasteiger partial charge >= 0.3 is 213 Å². The van der Waals surface area contributed by atoms with Crippen LogP contribution in [0.5, 0.6) is 0 Å². The van der Waals surface area contributed by atoms with Gasteiger partial charge in [0.15, 0.2) is 0 Å². The van der Waals surface area contributed by atoms with Crippen molar-refractivity contribution in [3.63, 3.8) is 0 Å². The molecule has 1 aliphatic heterocycles. The maximum atomic E-state index is 3.05. The number of hydrogen-bond acceptors (Lipinski definition) is 0. The summed E-state index contributed by atoms with van der Waals surface area (Å²) in [7, 11) is 0.699. The molecule has 0 bridgehead atoms. The third-order valence-electron chi connectivity index (χ3n) is 10.6. The van der Waals surface area contributed by atoms with E-state index in [-0.39, 0.29) is 4.53 Å². The number of hydrogen-bond donors (Lipinski definition) is 0. The van der Waals surface area contributed by atoms with E-state index in [1.165, 1.54) is 38.5 Å². The van der Waals surface area contributed by atoms with Gasteiger partial charge in [0.05, 0.1) is 0 Å². The van der Waals surface area contributed by atoms with E-state index in [0.717, 1.165) is 19.2 Å². The average molecular weight is 663 g/mol. The molecule has 0 amide bonds. The summed E-state index contributed by atoms with van der Waals surface area (Å²) >= 11 is -3.39. The molecule has 34 heavy (non-hydrogen) atoms. The van der Waals surface area contributed by atoms with Gasteiger partial charge in [0.1, 0.15) is 0 Å². The summed E-state index contributed by atoms with van der Waals surface area (Å²) in [4.78, 5) is 0. The Morgan fingerprint density at radius 3 is 1.47 bits per heavy atom. The second-order valence-corrected chi connectivity index (χ2v) is 94.0. The van der Waals surface area contributed by atoms with Crippen LogP contribution in [0.15, 0.2) is 47.5 Å². The molecule has 0 aromatic heterocycles. The molecule has 4 aliphatic carbocycles. The van der Waals surface area contributed by atoms with Gasteiger partial charge in [-0.25, -0.2) is 0 Å². The average Bonchev–Trinajstić information content (AvgIpc) is 3.68. The van der Waals surface area contributed by atoms with Crippen LogP contribution in [0, 0.1) is 0 Å². The van der Waals surface area contributed by atoms with Crippen LogP contribution in [0.4, 0.5) is 0 Å². The first-order chi connectivity index (χ1) is 16.4. The Hall–Kier alpha value is -0.559. The van der Waals surface area contributed by atoms with Crippen molar-refractivity contribution in [1.82, 2.24) is 0 Å². The zero-order valence-electron chi connectivity index (χ0n) is 21.6. The molecule has 1 saturated heterocycles. The first-order valence-corrected chi connectivity index (χ1v) is 41.0. The van der Waals surface area contributed by atoms with Crippen LogP contribution in [0.2, 0.25) is 9.36 Å². The van der Waals surface area contributed by atoms with Crippen molar-refractivity contribution in [1.29, 1.82) is 0 Å². The Kier molecular flexibility index (Phi) is 5.14. The van der Waals surface area contributed by atoms with E-state index in [2.05, 4.69) is 71.8 Å². The first kappa shape index (κ1) is 22.6. The Morgan fingerprint density at radius 1 is 0.706 bits per heavy atom. The first-order valence-electron chi connectivity index (χ1n) is 14.2. The minimum atomic E-state index is -3.39. The van der Waals surface area contributed by atoms with E-state index in [0.29, 0.717) is 17.1 Å². The van der Waals surface area contributed by atoms with Crippen LogP contribution in [0.25, 0.3) is 12.2 Å². The van der Waals surface area contributed by atoms with Gasteiger partial charge in [0, 0.05) is 0 Å². The number of rotatable bonds is 6. The molecule has 2 aromatic carbocycles.